The normalized spacial score (nSPS) is 20.4. The lowest BCUT2D eigenvalue weighted by molar-refractivity contribution is -0.137. The molecule has 1 N–H and O–H groups in total. The van der Waals surface area contributed by atoms with Crippen molar-refractivity contribution in [1.29, 1.82) is 0 Å². The first kappa shape index (κ1) is 30.9. The number of nitrogens with one attached hydrogen (secondary N) is 1. The Morgan fingerprint density at radius 2 is 1.70 bits per heavy atom. The predicted octanol–water partition coefficient (Wildman–Crippen LogP) is 6.50. The highest BCUT2D eigenvalue weighted by atomic mass is 19.4. The van der Waals surface area contributed by atoms with E-state index >= 15 is 0 Å². The van der Waals surface area contributed by atoms with Crippen LogP contribution in [0, 0.1) is 24.6 Å². The van der Waals surface area contributed by atoms with Crippen LogP contribution in [-0.4, -0.2) is 45.6 Å². The summed E-state index contributed by atoms with van der Waals surface area (Å²) in [6.07, 6.45) is -3.50. The predicted molar refractivity (Wildman–Crippen MR) is 158 cm³/mol. The number of rotatable bonds is 6. The molecule has 7 nitrogen and oxygen atoms in total. The number of carbonyl (C=O) groups is 3. The van der Waals surface area contributed by atoms with Crippen LogP contribution in [0.25, 0.3) is 22.2 Å². The molecule has 1 aliphatic rings. The number of aromatic nitrogens is 2. The highest BCUT2D eigenvalue weighted by Gasteiger charge is 2.44. The number of aldehydes is 1. The van der Waals surface area contributed by atoms with Gasteiger partial charge in [-0.1, -0.05) is 30.3 Å². The van der Waals surface area contributed by atoms with Gasteiger partial charge in [0, 0.05) is 33.0 Å². The number of halogens is 4. The summed E-state index contributed by atoms with van der Waals surface area (Å²) in [6, 6.07) is 15.1. The minimum absolute atomic E-state index is 0.131. The van der Waals surface area contributed by atoms with E-state index in [1.54, 1.807) is 7.05 Å². The van der Waals surface area contributed by atoms with Gasteiger partial charge in [0.2, 0.25) is 11.8 Å². The molecule has 1 aromatic heterocycles. The lowest BCUT2D eigenvalue weighted by atomic mass is 9.67. The highest BCUT2D eigenvalue weighted by Crippen LogP contribution is 2.43. The summed E-state index contributed by atoms with van der Waals surface area (Å²) in [5.74, 6) is -3.50. The maximum Gasteiger partial charge on any atom is 0.416 e. The van der Waals surface area contributed by atoms with Gasteiger partial charge in [-0.3, -0.25) is 9.59 Å². The Morgan fingerprint density at radius 3 is 2.32 bits per heavy atom. The standard InChI is InChI=1S/C33H32F4N4O3/c1-18-38-30-13-22(9-12-31(30)40(18)3)20-5-7-21(8-6-20)25-15-24(41(4)19(2)43)16-26(27(25)17-42)32(44)39-29-11-10-23(14-28(29)34)33(35,36)37/h5-14,17,24-27H,15-16H2,1-4H3,(H,39,44)/t24-,25-,26-,27?/m0/s1. The van der Waals surface area contributed by atoms with E-state index < -0.39 is 52.9 Å². The van der Waals surface area contributed by atoms with Crippen LogP contribution in [0.5, 0.6) is 0 Å². The van der Waals surface area contributed by atoms with E-state index in [1.807, 2.05) is 61.0 Å². The van der Waals surface area contributed by atoms with Crippen LogP contribution < -0.4 is 5.32 Å². The third-order valence-corrected chi connectivity index (χ3v) is 8.85. The van der Waals surface area contributed by atoms with Crippen LogP contribution >= 0.6 is 0 Å². The molecular formula is C33H32F4N4O3. The third kappa shape index (κ3) is 5.95. The Morgan fingerprint density at radius 1 is 1.02 bits per heavy atom. The Kier molecular flexibility index (Phi) is 8.33. The van der Waals surface area contributed by atoms with Crippen molar-refractivity contribution in [2.45, 2.75) is 44.8 Å². The van der Waals surface area contributed by atoms with Crippen molar-refractivity contribution in [2.24, 2.45) is 18.9 Å². The summed E-state index contributed by atoms with van der Waals surface area (Å²) in [4.78, 5) is 44.4. The molecule has 230 valence electrons. The molecule has 0 radical (unpaired) electrons. The summed E-state index contributed by atoms with van der Waals surface area (Å²) >= 11 is 0. The fraction of sp³-hybridized carbons (Fsp3) is 0.333. The number of fused-ring (bicyclic) bond motifs is 1. The molecule has 4 aromatic rings. The van der Waals surface area contributed by atoms with Gasteiger partial charge in [-0.25, -0.2) is 9.37 Å². The second-order valence-electron chi connectivity index (χ2n) is 11.4. The van der Waals surface area contributed by atoms with E-state index in [2.05, 4.69) is 10.3 Å². The van der Waals surface area contributed by atoms with Gasteiger partial charge in [0.25, 0.3) is 0 Å². The largest absolute Gasteiger partial charge is 0.416 e. The molecule has 44 heavy (non-hydrogen) atoms. The Balaban J connectivity index is 1.44. The van der Waals surface area contributed by atoms with Gasteiger partial charge in [0.05, 0.1) is 28.2 Å². The van der Waals surface area contributed by atoms with Crippen molar-refractivity contribution < 1.29 is 31.9 Å². The second-order valence-corrected chi connectivity index (χ2v) is 11.4. The minimum Gasteiger partial charge on any atom is -0.343 e. The van der Waals surface area contributed by atoms with Gasteiger partial charge in [0.1, 0.15) is 17.9 Å². The van der Waals surface area contributed by atoms with E-state index in [4.69, 9.17) is 0 Å². The molecule has 1 heterocycles. The van der Waals surface area contributed by atoms with Crippen LogP contribution in [0.4, 0.5) is 23.2 Å². The average Bonchev–Trinajstić information content (AvgIpc) is 3.28. The molecular weight excluding hydrogens is 576 g/mol. The number of nitrogens with zero attached hydrogens (tertiary/aromatic N) is 3. The summed E-state index contributed by atoms with van der Waals surface area (Å²) in [5.41, 5.74) is 2.97. The number of amides is 2. The van der Waals surface area contributed by atoms with Crippen molar-refractivity contribution >= 4 is 34.8 Å². The number of carbonyl (C=O) groups excluding carboxylic acids is 3. The zero-order chi connectivity index (χ0) is 31.9. The topological polar surface area (TPSA) is 84.3 Å². The molecule has 3 aromatic carbocycles. The molecule has 4 atom stereocenters. The Hall–Kier alpha value is -4.54. The van der Waals surface area contributed by atoms with Gasteiger partial charge in [0.15, 0.2) is 0 Å². The maximum atomic E-state index is 14.6. The zero-order valence-corrected chi connectivity index (χ0v) is 24.7. The van der Waals surface area contributed by atoms with E-state index in [0.29, 0.717) is 24.8 Å². The van der Waals surface area contributed by atoms with Gasteiger partial charge >= 0.3 is 6.18 Å². The summed E-state index contributed by atoms with van der Waals surface area (Å²) in [7, 11) is 3.57. The molecule has 1 fully saturated rings. The number of hydrogen-bond donors (Lipinski definition) is 1. The number of anilines is 1. The maximum absolute atomic E-state index is 14.6. The van der Waals surface area contributed by atoms with Gasteiger partial charge in [-0.15, -0.1) is 0 Å². The fourth-order valence-electron chi connectivity index (χ4n) is 6.12. The number of benzene rings is 3. The molecule has 5 rings (SSSR count). The molecule has 0 aliphatic heterocycles. The molecule has 1 aliphatic carbocycles. The minimum atomic E-state index is -4.74. The average molecular weight is 609 g/mol. The number of hydrogen-bond acceptors (Lipinski definition) is 4. The monoisotopic (exact) mass is 608 g/mol. The zero-order valence-electron chi connectivity index (χ0n) is 24.7. The molecule has 0 saturated heterocycles. The first-order chi connectivity index (χ1) is 20.8. The van der Waals surface area contributed by atoms with Crippen LogP contribution in [-0.2, 0) is 27.6 Å². The van der Waals surface area contributed by atoms with Crippen molar-refractivity contribution in [3.63, 3.8) is 0 Å². The van der Waals surface area contributed by atoms with Crippen LogP contribution in [0.15, 0.2) is 60.7 Å². The quantitative estimate of drug-likeness (QED) is 0.200. The van der Waals surface area contributed by atoms with Crippen molar-refractivity contribution in [2.75, 3.05) is 12.4 Å². The second kappa shape index (κ2) is 11.9. The molecule has 2 amide bonds. The number of imidazole rings is 1. The van der Waals surface area contributed by atoms with Gasteiger partial charge in [-0.05, 0) is 72.7 Å². The summed E-state index contributed by atoms with van der Waals surface area (Å²) in [6.45, 7) is 3.34. The van der Waals surface area contributed by atoms with Crippen molar-refractivity contribution in [1.82, 2.24) is 14.5 Å². The van der Waals surface area contributed by atoms with Crippen LogP contribution in [0.1, 0.15) is 42.6 Å². The lowest BCUT2D eigenvalue weighted by Crippen LogP contribution is -2.47. The van der Waals surface area contributed by atoms with Gasteiger partial charge < -0.3 is 19.6 Å². The van der Waals surface area contributed by atoms with Crippen LogP contribution in [0.2, 0.25) is 0 Å². The Bertz CT molecular complexity index is 1730. The molecule has 0 bridgehead atoms. The van der Waals surface area contributed by atoms with Crippen molar-refractivity contribution in [3.8, 4) is 11.1 Å². The summed E-state index contributed by atoms with van der Waals surface area (Å²) < 4.78 is 55.6. The molecule has 11 heteroatoms. The summed E-state index contributed by atoms with van der Waals surface area (Å²) in [5, 5.41) is 2.38. The fourth-order valence-corrected chi connectivity index (χ4v) is 6.12. The van der Waals surface area contributed by atoms with E-state index in [0.717, 1.165) is 39.6 Å². The smallest absolute Gasteiger partial charge is 0.343 e. The van der Waals surface area contributed by atoms with E-state index in [9.17, 15) is 31.9 Å². The van der Waals surface area contributed by atoms with Crippen molar-refractivity contribution in [3.05, 3.63) is 83.4 Å². The van der Waals surface area contributed by atoms with E-state index in [1.165, 1.54) is 11.8 Å². The molecule has 0 spiro atoms. The number of alkyl halides is 3. The molecule has 1 unspecified atom stereocenters. The third-order valence-electron chi connectivity index (χ3n) is 8.85. The van der Waals surface area contributed by atoms with E-state index in [-0.39, 0.29) is 12.3 Å². The van der Waals surface area contributed by atoms with Gasteiger partial charge in [-0.2, -0.15) is 13.2 Å². The highest BCUT2D eigenvalue weighted by molar-refractivity contribution is 5.94. The lowest BCUT2D eigenvalue weighted by Gasteiger charge is -2.42. The van der Waals surface area contributed by atoms with Crippen LogP contribution in [0.3, 0.4) is 0 Å². The Labute approximate surface area is 251 Å². The first-order valence-electron chi connectivity index (χ1n) is 14.2. The first-order valence-corrected chi connectivity index (χ1v) is 14.2. The molecule has 1 saturated carbocycles. The SMILES string of the molecule is CC(=O)N(C)[C@@H]1C[C@H](C(=O)Nc2ccc(C(F)(F)F)cc2F)C(C=O)[C@H](c2ccc(-c3ccc4c(c3)nc(C)n4C)cc2)C1. The number of aryl methyl sites for hydroxylation is 2.